The first-order chi connectivity index (χ1) is 13.6. The van der Waals surface area contributed by atoms with Gasteiger partial charge in [0.1, 0.15) is 11.6 Å². The molecule has 1 amide bonds. The largest absolute Gasteiger partial charge is 0.463 e. The maximum atomic E-state index is 12.5. The summed E-state index contributed by atoms with van der Waals surface area (Å²) in [4.78, 5) is 25.6. The SMILES string of the molecule is CCCCOc1nc(N)c2c(n1)N(CCCC1CCCN(CCC)C1)C(=O)C2. The van der Waals surface area contributed by atoms with Crippen molar-refractivity contribution in [2.24, 2.45) is 5.92 Å². The van der Waals surface area contributed by atoms with Crippen LogP contribution in [0, 0.1) is 5.92 Å². The van der Waals surface area contributed by atoms with Gasteiger partial charge in [-0.3, -0.25) is 9.69 Å². The number of amides is 1. The lowest BCUT2D eigenvalue weighted by Crippen LogP contribution is -2.36. The van der Waals surface area contributed by atoms with Crippen molar-refractivity contribution in [3.8, 4) is 6.01 Å². The Morgan fingerprint density at radius 3 is 2.82 bits per heavy atom. The Hall–Kier alpha value is -1.89. The summed E-state index contributed by atoms with van der Waals surface area (Å²) in [7, 11) is 0. The van der Waals surface area contributed by atoms with E-state index in [4.69, 9.17) is 10.5 Å². The number of ether oxygens (including phenoxy) is 1. The Labute approximate surface area is 168 Å². The molecule has 3 rings (SSSR count). The average molecular weight is 390 g/mol. The van der Waals surface area contributed by atoms with E-state index in [-0.39, 0.29) is 11.9 Å². The molecular weight excluding hydrogens is 354 g/mol. The predicted octanol–water partition coefficient (Wildman–Crippen LogP) is 3.03. The van der Waals surface area contributed by atoms with Crippen LogP contribution < -0.4 is 15.4 Å². The van der Waals surface area contributed by atoms with E-state index in [9.17, 15) is 4.79 Å². The zero-order valence-corrected chi connectivity index (χ0v) is 17.5. The molecule has 0 saturated carbocycles. The molecule has 28 heavy (non-hydrogen) atoms. The molecule has 2 aliphatic heterocycles. The van der Waals surface area contributed by atoms with Gasteiger partial charge >= 0.3 is 6.01 Å². The Bertz CT molecular complexity index is 664. The Balaban J connectivity index is 1.57. The van der Waals surface area contributed by atoms with Gasteiger partial charge in [0, 0.05) is 18.7 Å². The molecule has 0 aliphatic carbocycles. The smallest absolute Gasteiger partial charge is 0.320 e. The van der Waals surface area contributed by atoms with Crippen LogP contribution in [0.15, 0.2) is 0 Å². The number of hydrogen-bond acceptors (Lipinski definition) is 6. The Morgan fingerprint density at radius 1 is 1.18 bits per heavy atom. The Kier molecular flexibility index (Phi) is 7.48. The molecular formula is C21H35N5O2. The van der Waals surface area contributed by atoms with Crippen LogP contribution in [0.25, 0.3) is 0 Å². The van der Waals surface area contributed by atoms with E-state index in [0.29, 0.717) is 31.2 Å². The van der Waals surface area contributed by atoms with E-state index in [1.165, 1.54) is 38.9 Å². The van der Waals surface area contributed by atoms with Crippen molar-refractivity contribution in [1.29, 1.82) is 0 Å². The molecule has 7 nitrogen and oxygen atoms in total. The summed E-state index contributed by atoms with van der Waals surface area (Å²) < 4.78 is 5.62. The zero-order valence-electron chi connectivity index (χ0n) is 17.5. The number of aromatic nitrogens is 2. The van der Waals surface area contributed by atoms with Gasteiger partial charge in [0.25, 0.3) is 0 Å². The summed E-state index contributed by atoms with van der Waals surface area (Å²) >= 11 is 0. The minimum Gasteiger partial charge on any atom is -0.463 e. The highest BCUT2D eigenvalue weighted by Crippen LogP contribution is 2.32. The van der Waals surface area contributed by atoms with Crippen LogP contribution in [0.2, 0.25) is 0 Å². The van der Waals surface area contributed by atoms with Gasteiger partial charge in [-0.2, -0.15) is 9.97 Å². The van der Waals surface area contributed by atoms with Crippen LogP contribution >= 0.6 is 0 Å². The highest BCUT2D eigenvalue weighted by atomic mass is 16.5. The van der Waals surface area contributed by atoms with Crippen LogP contribution in [0.5, 0.6) is 6.01 Å². The lowest BCUT2D eigenvalue weighted by atomic mass is 9.93. The number of rotatable bonds is 10. The number of nitrogen functional groups attached to an aromatic ring is 1. The number of fused-ring (bicyclic) bond motifs is 1. The van der Waals surface area contributed by atoms with Crippen molar-refractivity contribution in [2.45, 2.75) is 65.2 Å². The topological polar surface area (TPSA) is 84.6 Å². The molecule has 1 atom stereocenters. The second-order valence-corrected chi connectivity index (χ2v) is 8.07. The average Bonchev–Trinajstić information content (AvgIpc) is 2.99. The number of carbonyl (C=O) groups excluding carboxylic acids is 1. The monoisotopic (exact) mass is 389 g/mol. The molecule has 1 aromatic heterocycles. The first kappa shape index (κ1) is 20.8. The number of nitrogens with zero attached hydrogens (tertiary/aromatic N) is 4. The number of piperidine rings is 1. The van der Waals surface area contributed by atoms with Gasteiger partial charge in [0.15, 0.2) is 0 Å². The van der Waals surface area contributed by atoms with E-state index in [1.807, 2.05) is 0 Å². The van der Waals surface area contributed by atoms with Gasteiger partial charge in [-0.05, 0) is 57.5 Å². The van der Waals surface area contributed by atoms with Crippen LogP contribution in [-0.2, 0) is 11.2 Å². The number of anilines is 2. The van der Waals surface area contributed by atoms with Gasteiger partial charge in [-0.1, -0.05) is 20.3 Å². The van der Waals surface area contributed by atoms with Crippen molar-refractivity contribution < 1.29 is 9.53 Å². The fourth-order valence-corrected chi connectivity index (χ4v) is 4.27. The number of likely N-dealkylation sites (tertiary alicyclic amines) is 1. The quantitative estimate of drug-likeness (QED) is 0.619. The van der Waals surface area contributed by atoms with Crippen molar-refractivity contribution >= 4 is 17.5 Å². The lowest BCUT2D eigenvalue weighted by Gasteiger charge is -2.32. The molecule has 2 N–H and O–H groups in total. The molecule has 3 heterocycles. The molecule has 1 aromatic rings. The fraction of sp³-hybridized carbons (Fsp3) is 0.762. The minimum absolute atomic E-state index is 0.0676. The standard InChI is InChI=1S/C21H35N5O2/c1-3-5-13-28-21-23-19(22)17-14-18(27)26(20(17)24-21)12-7-9-16-8-6-11-25(15-16)10-4-2/h16H,3-15H2,1-2H3,(H2,22,23,24). The van der Waals surface area contributed by atoms with Crippen LogP contribution in [-0.4, -0.2) is 53.6 Å². The van der Waals surface area contributed by atoms with E-state index in [1.54, 1.807) is 4.90 Å². The summed E-state index contributed by atoms with van der Waals surface area (Å²) in [5.74, 6) is 1.83. The second-order valence-electron chi connectivity index (χ2n) is 8.07. The van der Waals surface area contributed by atoms with Crippen molar-refractivity contribution in [1.82, 2.24) is 14.9 Å². The number of hydrogen-bond donors (Lipinski definition) is 1. The highest BCUT2D eigenvalue weighted by molar-refractivity contribution is 6.01. The third-order valence-corrected chi connectivity index (χ3v) is 5.75. The number of unbranched alkanes of at least 4 members (excludes halogenated alkanes) is 1. The third kappa shape index (κ3) is 5.13. The van der Waals surface area contributed by atoms with Gasteiger partial charge in [-0.15, -0.1) is 0 Å². The third-order valence-electron chi connectivity index (χ3n) is 5.75. The molecule has 1 fully saturated rings. The summed E-state index contributed by atoms with van der Waals surface area (Å²) in [5.41, 5.74) is 6.82. The lowest BCUT2D eigenvalue weighted by molar-refractivity contribution is -0.117. The number of carbonyl (C=O) groups is 1. The van der Waals surface area contributed by atoms with Crippen molar-refractivity contribution in [2.75, 3.05) is 43.4 Å². The van der Waals surface area contributed by atoms with Crippen molar-refractivity contribution in [3.63, 3.8) is 0 Å². The molecule has 7 heteroatoms. The normalized spacial score (nSPS) is 19.9. The molecule has 0 aromatic carbocycles. The number of nitrogens with two attached hydrogens (primary N) is 1. The first-order valence-corrected chi connectivity index (χ1v) is 10.9. The maximum Gasteiger partial charge on any atom is 0.320 e. The highest BCUT2D eigenvalue weighted by Gasteiger charge is 2.32. The van der Waals surface area contributed by atoms with Gasteiger partial charge in [0.05, 0.1) is 13.0 Å². The minimum atomic E-state index is 0.0676. The summed E-state index contributed by atoms with van der Waals surface area (Å²) in [6.07, 6.45) is 8.24. The summed E-state index contributed by atoms with van der Waals surface area (Å²) in [5, 5.41) is 0. The zero-order chi connectivity index (χ0) is 19.9. The van der Waals surface area contributed by atoms with E-state index in [0.717, 1.165) is 37.2 Å². The molecule has 0 radical (unpaired) electrons. The molecule has 1 unspecified atom stereocenters. The van der Waals surface area contributed by atoms with Gasteiger partial charge in [0.2, 0.25) is 5.91 Å². The predicted molar refractivity (Wildman–Crippen MR) is 112 cm³/mol. The van der Waals surface area contributed by atoms with E-state index in [2.05, 4.69) is 28.7 Å². The fourth-order valence-electron chi connectivity index (χ4n) is 4.27. The molecule has 2 aliphatic rings. The first-order valence-electron chi connectivity index (χ1n) is 10.9. The van der Waals surface area contributed by atoms with Gasteiger partial charge < -0.3 is 15.4 Å². The molecule has 0 spiro atoms. The Morgan fingerprint density at radius 2 is 2.04 bits per heavy atom. The molecule has 0 bridgehead atoms. The van der Waals surface area contributed by atoms with Crippen LogP contribution in [0.3, 0.4) is 0 Å². The maximum absolute atomic E-state index is 12.5. The molecule has 156 valence electrons. The van der Waals surface area contributed by atoms with Crippen LogP contribution in [0.4, 0.5) is 11.6 Å². The second kappa shape index (κ2) is 10.0. The molecule has 1 saturated heterocycles. The van der Waals surface area contributed by atoms with E-state index >= 15 is 0 Å². The summed E-state index contributed by atoms with van der Waals surface area (Å²) in [6.45, 7) is 9.25. The van der Waals surface area contributed by atoms with Gasteiger partial charge in [-0.25, -0.2) is 0 Å². The van der Waals surface area contributed by atoms with E-state index < -0.39 is 0 Å². The summed E-state index contributed by atoms with van der Waals surface area (Å²) in [6, 6.07) is 0.284. The van der Waals surface area contributed by atoms with Crippen molar-refractivity contribution in [3.05, 3.63) is 5.56 Å². The van der Waals surface area contributed by atoms with Crippen LogP contribution in [0.1, 0.15) is 64.4 Å².